The minimum absolute atomic E-state index is 0.0438. The van der Waals surface area contributed by atoms with Crippen LogP contribution in [0.15, 0.2) is 35.3 Å². The van der Waals surface area contributed by atoms with Crippen molar-refractivity contribution in [2.75, 3.05) is 0 Å². The van der Waals surface area contributed by atoms with Crippen LogP contribution in [0.2, 0.25) is 0 Å². The number of rotatable bonds is 18. The lowest BCUT2D eigenvalue weighted by molar-refractivity contribution is -0.450. The van der Waals surface area contributed by atoms with Gasteiger partial charge in [0.15, 0.2) is 6.29 Å². The molecule has 0 aliphatic heterocycles. The Kier molecular flexibility index (Phi) is 15.3. The van der Waals surface area contributed by atoms with Crippen molar-refractivity contribution in [2.45, 2.75) is 84.0 Å². The van der Waals surface area contributed by atoms with Crippen LogP contribution in [-0.4, -0.2) is 21.1 Å². The second-order valence-electron chi connectivity index (χ2n) is 6.82. The molecule has 0 unspecified atom stereocenters. The van der Waals surface area contributed by atoms with E-state index >= 15 is 0 Å². The van der Waals surface area contributed by atoms with Gasteiger partial charge in [-0.1, -0.05) is 39.0 Å². The van der Waals surface area contributed by atoms with Crippen molar-refractivity contribution >= 4 is 6.29 Å². The molecule has 0 bridgehead atoms. The Morgan fingerprint density at radius 3 is 1.87 bits per heavy atom. The summed E-state index contributed by atoms with van der Waals surface area (Å²) in [4.78, 5) is 41.7. The predicted octanol–water partition coefficient (Wildman–Crippen LogP) is 5.28. The molecule has 0 rings (SSSR count). The summed E-state index contributed by atoms with van der Waals surface area (Å²) in [5.74, 6) is 0. The van der Waals surface area contributed by atoms with E-state index in [1.54, 1.807) is 6.29 Å². The second kappa shape index (κ2) is 17.0. The Morgan fingerprint density at radius 1 is 0.767 bits per heavy atom. The minimum atomic E-state index is -0.705. The zero-order chi connectivity index (χ0) is 22.8. The first-order chi connectivity index (χ1) is 14.3. The molecule has 1 radical (unpaired) electrons. The van der Waals surface area contributed by atoms with Gasteiger partial charge in [-0.2, -0.15) is 0 Å². The number of hydrogen-bond acceptors (Lipinski definition) is 7. The Balaban J connectivity index is 4.96. The maximum Gasteiger partial charge on any atom is 0.253 e. The van der Waals surface area contributed by atoms with Gasteiger partial charge in [-0.05, 0) is 43.9 Å². The van der Waals surface area contributed by atoms with E-state index in [0.29, 0.717) is 6.42 Å². The van der Waals surface area contributed by atoms with Crippen LogP contribution >= 0.6 is 0 Å². The van der Waals surface area contributed by atoms with Crippen LogP contribution in [0.1, 0.15) is 84.0 Å². The Hall–Kier alpha value is -2.91. The van der Waals surface area contributed by atoms with Crippen LogP contribution in [0.5, 0.6) is 0 Å². The van der Waals surface area contributed by atoms with Crippen LogP contribution in [0.4, 0.5) is 0 Å². The van der Waals surface area contributed by atoms with Gasteiger partial charge in [-0.3, -0.25) is 35.1 Å². The largest absolute Gasteiger partial charge is 0.291 e. The van der Waals surface area contributed by atoms with Crippen LogP contribution in [0.3, 0.4) is 0 Å². The fourth-order valence-electron chi connectivity index (χ4n) is 2.74. The van der Waals surface area contributed by atoms with Crippen molar-refractivity contribution in [3.63, 3.8) is 0 Å². The van der Waals surface area contributed by atoms with E-state index in [-0.39, 0.29) is 42.8 Å². The Bertz CT molecular complexity index is 669. The summed E-state index contributed by atoms with van der Waals surface area (Å²) < 4.78 is 0. The fraction of sp³-hybridized carbons (Fsp3) is 0.650. The quantitative estimate of drug-likeness (QED) is 0.165. The molecule has 0 spiro atoms. The predicted molar refractivity (Wildman–Crippen MR) is 112 cm³/mol. The SMILES string of the molecule is CCCCCCCC/C=C(\C/C(=C\C/C=C(\CCC[C]=O)[N+](=O)[O-])[N+](=O)[O-])[N+](=O)[O-]. The molecule has 0 amide bonds. The number of allylic oxidation sites excluding steroid dienone is 4. The van der Waals surface area contributed by atoms with Crippen LogP contribution in [0, 0.1) is 30.3 Å². The van der Waals surface area contributed by atoms with Gasteiger partial charge in [0.25, 0.3) is 11.4 Å². The molecule has 0 heterocycles. The van der Waals surface area contributed by atoms with E-state index in [1.807, 2.05) is 0 Å². The topological polar surface area (TPSA) is 146 Å². The molecule has 0 fully saturated rings. The summed E-state index contributed by atoms with van der Waals surface area (Å²) >= 11 is 0. The van der Waals surface area contributed by atoms with E-state index in [1.165, 1.54) is 12.2 Å². The summed E-state index contributed by atoms with van der Waals surface area (Å²) in [5.41, 5.74) is -0.773. The van der Waals surface area contributed by atoms with Crippen molar-refractivity contribution in [2.24, 2.45) is 0 Å². The van der Waals surface area contributed by atoms with Crippen LogP contribution in [-0.2, 0) is 4.79 Å². The summed E-state index contributed by atoms with van der Waals surface area (Å²) in [7, 11) is 0. The van der Waals surface area contributed by atoms with Gasteiger partial charge in [0, 0.05) is 12.8 Å². The third kappa shape index (κ3) is 13.3. The number of unbranched alkanes of at least 4 members (excludes halogenated alkanes) is 7. The maximum atomic E-state index is 11.2. The average molecular weight is 424 g/mol. The first-order valence-electron chi connectivity index (χ1n) is 10.2. The van der Waals surface area contributed by atoms with Gasteiger partial charge < -0.3 is 0 Å². The summed E-state index contributed by atoms with van der Waals surface area (Å²) in [6, 6.07) is 0. The summed E-state index contributed by atoms with van der Waals surface area (Å²) in [6.45, 7) is 2.12. The van der Waals surface area contributed by atoms with Crippen molar-refractivity contribution in [1.29, 1.82) is 0 Å². The molecule has 0 saturated heterocycles. The zero-order valence-corrected chi connectivity index (χ0v) is 17.4. The van der Waals surface area contributed by atoms with E-state index in [9.17, 15) is 35.1 Å². The summed E-state index contributed by atoms with van der Waals surface area (Å²) in [6.07, 6.45) is 12.0. The van der Waals surface area contributed by atoms with Gasteiger partial charge in [0.1, 0.15) is 6.42 Å². The molecule has 10 nitrogen and oxygen atoms in total. The molecular weight excluding hydrogens is 394 g/mol. The van der Waals surface area contributed by atoms with E-state index in [2.05, 4.69) is 6.92 Å². The Morgan fingerprint density at radius 2 is 1.30 bits per heavy atom. The third-order valence-corrected chi connectivity index (χ3v) is 4.42. The highest BCUT2D eigenvalue weighted by Gasteiger charge is 2.21. The molecule has 0 N–H and O–H groups in total. The molecule has 167 valence electrons. The molecule has 0 aliphatic rings. The highest BCUT2D eigenvalue weighted by Crippen LogP contribution is 2.17. The maximum absolute atomic E-state index is 11.2. The average Bonchev–Trinajstić information content (AvgIpc) is 2.69. The molecule has 0 saturated carbocycles. The second-order valence-corrected chi connectivity index (χ2v) is 6.82. The van der Waals surface area contributed by atoms with Gasteiger partial charge in [-0.15, -0.1) is 0 Å². The minimum Gasteiger partial charge on any atom is -0.291 e. The van der Waals surface area contributed by atoms with Crippen molar-refractivity contribution in [3.8, 4) is 0 Å². The number of nitrogens with zero attached hydrogens (tertiary/aromatic N) is 3. The lowest BCUT2D eigenvalue weighted by Crippen LogP contribution is -2.06. The van der Waals surface area contributed by atoms with Crippen molar-refractivity contribution in [1.82, 2.24) is 0 Å². The van der Waals surface area contributed by atoms with Gasteiger partial charge in [0.05, 0.1) is 14.8 Å². The Labute approximate surface area is 176 Å². The molecular formula is C20H30N3O7. The first kappa shape index (κ1) is 27.1. The first-order valence-corrected chi connectivity index (χ1v) is 10.2. The highest BCUT2D eigenvalue weighted by molar-refractivity contribution is 5.50. The molecule has 0 aromatic carbocycles. The summed E-state index contributed by atoms with van der Waals surface area (Å²) in [5, 5.41) is 33.5. The smallest absolute Gasteiger partial charge is 0.253 e. The van der Waals surface area contributed by atoms with Gasteiger partial charge in [-0.25, -0.2) is 0 Å². The fourth-order valence-corrected chi connectivity index (χ4v) is 2.74. The molecule has 0 aromatic heterocycles. The molecule has 0 aromatic rings. The van der Waals surface area contributed by atoms with Gasteiger partial charge in [0.2, 0.25) is 5.70 Å². The van der Waals surface area contributed by atoms with E-state index < -0.39 is 21.2 Å². The highest BCUT2D eigenvalue weighted by atomic mass is 16.6. The molecule has 0 aliphatic carbocycles. The monoisotopic (exact) mass is 424 g/mol. The number of carbonyl (C=O) groups excluding carboxylic acids is 1. The van der Waals surface area contributed by atoms with Gasteiger partial charge >= 0.3 is 0 Å². The van der Waals surface area contributed by atoms with Crippen molar-refractivity contribution in [3.05, 3.63) is 65.7 Å². The molecule has 10 heteroatoms. The number of hydrogen-bond donors (Lipinski definition) is 0. The van der Waals surface area contributed by atoms with E-state index in [0.717, 1.165) is 44.6 Å². The third-order valence-electron chi connectivity index (χ3n) is 4.42. The van der Waals surface area contributed by atoms with Crippen molar-refractivity contribution < 1.29 is 19.6 Å². The van der Waals surface area contributed by atoms with Crippen LogP contribution < -0.4 is 0 Å². The lowest BCUT2D eigenvalue weighted by atomic mass is 10.1. The number of nitro groups is 3. The normalized spacial score (nSPS) is 12.6. The standard InChI is InChI=1S/C20H30N3O7/c1-2-3-4-5-6-7-8-13-19(22(27)28)17-20(23(29)30)15-11-14-18(21(25)26)12-9-10-16-24/h13-15H,2-12,17H2,1H3/b18-14+,19-13+,20-15+. The molecule has 30 heavy (non-hydrogen) atoms. The van der Waals surface area contributed by atoms with E-state index in [4.69, 9.17) is 0 Å². The molecule has 0 atom stereocenters. The lowest BCUT2D eigenvalue weighted by Gasteiger charge is -2.00. The zero-order valence-electron chi connectivity index (χ0n) is 17.4. The van der Waals surface area contributed by atoms with Crippen LogP contribution in [0.25, 0.3) is 0 Å².